The third-order valence-electron chi connectivity index (χ3n) is 2.48. The number of rotatable bonds is 2. The van der Waals surface area contributed by atoms with E-state index in [1.165, 1.54) is 0 Å². The summed E-state index contributed by atoms with van der Waals surface area (Å²) in [4.78, 5) is 1.16. The molecule has 1 saturated heterocycles. The van der Waals surface area contributed by atoms with E-state index >= 15 is 0 Å². The summed E-state index contributed by atoms with van der Waals surface area (Å²) in [6.07, 6.45) is 2.27. The van der Waals surface area contributed by atoms with E-state index < -0.39 is 0 Å². The summed E-state index contributed by atoms with van der Waals surface area (Å²) in [6, 6.07) is 3.92. The number of ether oxygens (including phenoxy) is 1. The Labute approximate surface area is 98.0 Å². The summed E-state index contributed by atoms with van der Waals surface area (Å²) in [5.41, 5.74) is 0. The average Bonchev–Trinajstić information content (AvgIpc) is 2.65. The van der Waals surface area contributed by atoms with Gasteiger partial charge >= 0.3 is 0 Å². The van der Waals surface area contributed by atoms with Crippen LogP contribution in [0.25, 0.3) is 0 Å². The number of halogens is 2. The predicted molar refractivity (Wildman–Crippen MR) is 61.5 cm³/mol. The summed E-state index contributed by atoms with van der Waals surface area (Å²) in [6.45, 7) is 1.66. The Hall–Kier alpha value is 0.240. The third-order valence-corrected chi connectivity index (χ3v) is 4.51. The predicted octanol–water partition coefficient (Wildman–Crippen LogP) is 4.11. The second kappa shape index (κ2) is 4.84. The minimum Gasteiger partial charge on any atom is -0.381 e. The van der Waals surface area contributed by atoms with Gasteiger partial charge in [-0.3, -0.25) is 0 Å². The number of hydrogen-bond acceptors (Lipinski definition) is 2. The summed E-state index contributed by atoms with van der Waals surface area (Å²) < 4.78 is 6.23. The van der Waals surface area contributed by atoms with Crippen LogP contribution in [0, 0.1) is 5.92 Å². The minimum absolute atomic E-state index is 0.0628. The lowest BCUT2D eigenvalue weighted by Gasteiger charge is -2.25. The van der Waals surface area contributed by atoms with Crippen LogP contribution in [0.2, 0.25) is 4.34 Å². The minimum atomic E-state index is 0.0628. The molecule has 2 rings (SSSR count). The molecule has 2 unspecified atom stereocenters. The molecule has 2 heterocycles. The van der Waals surface area contributed by atoms with Gasteiger partial charge in [-0.2, -0.15) is 0 Å². The van der Waals surface area contributed by atoms with E-state index in [0.29, 0.717) is 5.92 Å². The molecule has 1 aromatic rings. The molecule has 1 nitrogen and oxygen atoms in total. The van der Waals surface area contributed by atoms with E-state index in [2.05, 4.69) is 0 Å². The Kier molecular flexibility index (Phi) is 3.72. The lowest BCUT2D eigenvalue weighted by molar-refractivity contribution is 0.0534. The van der Waals surface area contributed by atoms with Crippen molar-refractivity contribution in [3.8, 4) is 0 Å². The first-order valence-corrected chi connectivity index (χ1v) is 6.37. The molecule has 14 heavy (non-hydrogen) atoms. The molecule has 0 amide bonds. The van der Waals surface area contributed by atoms with Crippen LogP contribution in [0.4, 0.5) is 0 Å². The molecule has 0 saturated carbocycles. The lowest BCUT2D eigenvalue weighted by Crippen LogP contribution is -2.20. The van der Waals surface area contributed by atoms with Crippen LogP contribution in [-0.2, 0) is 4.74 Å². The van der Waals surface area contributed by atoms with Gasteiger partial charge in [-0.25, -0.2) is 0 Å². The van der Waals surface area contributed by atoms with E-state index in [0.717, 1.165) is 35.3 Å². The molecule has 1 aliphatic rings. The molecule has 1 aromatic heterocycles. The van der Waals surface area contributed by atoms with E-state index in [1.54, 1.807) is 11.3 Å². The van der Waals surface area contributed by atoms with Crippen LogP contribution in [0.3, 0.4) is 0 Å². The van der Waals surface area contributed by atoms with Gasteiger partial charge in [-0.15, -0.1) is 22.9 Å². The topological polar surface area (TPSA) is 9.23 Å². The fourth-order valence-corrected chi connectivity index (χ4v) is 3.24. The highest BCUT2D eigenvalue weighted by Crippen LogP contribution is 2.38. The van der Waals surface area contributed by atoms with E-state index in [9.17, 15) is 0 Å². The SMILES string of the molecule is Clc1ccc(C(Cl)C2CCCOC2)s1. The molecule has 2 atom stereocenters. The molecule has 0 radical (unpaired) electrons. The van der Waals surface area contributed by atoms with Gasteiger partial charge < -0.3 is 4.74 Å². The molecule has 0 bridgehead atoms. The second-order valence-corrected chi connectivity index (χ2v) is 5.74. The highest BCUT2D eigenvalue weighted by molar-refractivity contribution is 7.16. The first kappa shape index (κ1) is 10.7. The van der Waals surface area contributed by atoms with Gasteiger partial charge in [-0.1, -0.05) is 11.6 Å². The molecule has 4 heteroatoms. The van der Waals surface area contributed by atoms with Gasteiger partial charge in [0.05, 0.1) is 16.3 Å². The summed E-state index contributed by atoms with van der Waals surface area (Å²) in [5, 5.41) is 0.0628. The molecule has 0 aliphatic carbocycles. The van der Waals surface area contributed by atoms with Crippen molar-refractivity contribution < 1.29 is 4.74 Å². The number of hydrogen-bond donors (Lipinski definition) is 0. The Morgan fingerprint density at radius 3 is 2.93 bits per heavy atom. The number of alkyl halides is 1. The van der Waals surface area contributed by atoms with Gasteiger partial charge in [-0.05, 0) is 25.0 Å². The largest absolute Gasteiger partial charge is 0.381 e. The van der Waals surface area contributed by atoms with Crippen molar-refractivity contribution in [3.63, 3.8) is 0 Å². The van der Waals surface area contributed by atoms with Crippen molar-refractivity contribution in [1.29, 1.82) is 0 Å². The molecule has 1 fully saturated rings. The molecular weight excluding hydrogens is 239 g/mol. The molecule has 0 aromatic carbocycles. The van der Waals surface area contributed by atoms with E-state index in [-0.39, 0.29) is 5.38 Å². The quantitative estimate of drug-likeness (QED) is 0.719. The standard InChI is InChI=1S/C10H12Cl2OS/c11-9-4-3-8(14-9)10(12)7-2-1-5-13-6-7/h3-4,7,10H,1-2,5-6H2. The van der Waals surface area contributed by atoms with Gasteiger partial charge in [0, 0.05) is 17.4 Å². The fraction of sp³-hybridized carbons (Fsp3) is 0.600. The highest BCUT2D eigenvalue weighted by atomic mass is 35.5. The molecular formula is C10H12Cl2OS. The number of thiophene rings is 1. The van der Waals surface area contributed by atoms with Crippen molar-refractivity contribution in [3.05, 3.63) is 21.3 Å². The maximum atomic E-state index is 6.37. The normalized spacial score (nSPS) is 24.9. The van der Waals surface area contributed by atoms with Crippen molar-refractivity contribution in [2.75, 3.05) is 13.2 Å². The fourth-order valence-electron chi connectivity index (χ4n) is 1.71. The Bertz CT molecular complexity index is 294. The second-order valence-electron chi connectivity index (χ2n) is 3.52. The first-order chi connectivity index (χ1) is 6.77. The highest BCUT2D eigenvalue weighted by Gasteiger charge is 2.24. The zero-order chi connectivity index (χ0) is 9.97. The van der Waals surface area contributed by atoms with Crippen LogP contribution in [0.5, 0.6) is 0 Å². The molecule has 0 N–H and O–H groups in total. The van der Waals surface area contributed by atoms with Crippen LogP contribution < -0.4 is 0 Å². The lowest BCUT2D eigenvalue weighted by atomic mass is 9.97. The molecule has 1 aliphatic heterocycles. The van der Waals surface area contributed by atoms with Gasteiger partial charge in [0.25, 0.3) is 0 Å². The van der Waals surface area contributed by atoms with Crippen LogP contribution in [0.15, 0.2) is 12.1 Å². The van der Waals surface area contributed by atoms with Crippen LogP contribution in [0.1, 0.15) is 23.1 Å². The van der Waals surface area contributed by atoms with E-state index in [1.807, 2.05) is 12.1 Å². The zero-order valence-electron chi connectivity index (χ0n) is 7.71. The smallest absolute Gasteiger partial charge is 0.0931 e. The Morgan fingerprint density at radius 1 is 1.50 bits per heavy atom. The van der Waals surface area contributed by atoms with Crippen LogP contribution in [-0.4, -0.2) is 13.2 Å². The Morgan fingerprint density at radius 2 is 2.36 bits per heavy atom. The van der Waals surface area contributed by atoms with Gasteiger partial charge in [0.15, 0.2) is 0 Å². The van der Waals surface area contributed by atoms with Gasteiger partial charge in [0.2, 0.25) is 0 Å². The molecule has 78 valence electrons. The summed E-state index contributed by atoms with van der Waals surface area (Å²) >= 11 is 13.8. The summed E-state index contributed by atoms with van der Waals surface area (Å²) in [5.74, 6) is 0.445. The van der Waals surface area contributed by atoms with E-state index in [4.69, 9.17) is 27.9 Å². The van der Waals surface area contributed by atoms with Crippen LogP contribution >= 0.6 is 34.5 Å². The Balaban J connectivity index is 2.03. The summed E-state index contributed by atoms with van der Waals surface area (Å²) in [7, 11) is 0. The average molecular weight is 251 g/mol. The zero-order valence-corrected chi connectivity index (χ0v) is 10.0. The maximum absolute atomic E-state index is 6.37. The van der Waals surface area contributed by atoms with Crippen molar-refractivity contribution in [2.24, 2.45) is 5.92 Å². The van der Waals surface area contributed by atoms with Crippen molar-refractivity contribution >= 4 is 34.5 Å². The van der Waals surface area contributed by atoms with Crippen molar-refractivity contribution in [2.45, 2.75) is 18.2 Å². The first-order valence-electron chi connectivity index (χ1n) is 4.74. The monoisotopic (exact) mass is 250 g/mol. The third kappa shape index (κ3) is 2.43. The van der Waals surface area contributed by atoms with Gasteiger partial charge in [0.1, 0.15) is 0 Å². The molecule has 0 spiro atoms. The van der Waals surface area contributed by atoms with Crippen molar-refractivity contribution in [1.82, 2.24) is 0 Å². The maximum Gasteiger partial charge on any atom is 0.0931 e.